The lowest BCUT2D eigenvalue weighted by Gasteiger charge is -2.39. The van der Waals surface area contributed by atoms with Crippen LogP contribution in [0.3, 0.4) is 0 Å². The maximum Gasteiger partial charge on any atom is 0.132 e. The topological polar surface area (TPSA) is 12.5 Å². The molecule has 2 heteroatoms. The first kappa shape index (κ1) is 34.6. The summed E-state index contributed by atoms with van der Waals surface area (Å²) in [6.45, 7) is 15.6. The van der Waals surface area contributed by atoms with E-state index in [1.54, 1.807) is 0 Å². The maximum atomic E-state index is 6.63. The molecule has 2 nitrogen and oxygen atoms in total. The number of allylic oxidation sites excluding steroid dienone is 4. The normalized spacial score (nSPS) is 16.3. The minimum Gasteiger partial charge on any atom is -0.457 e. The summed E-state index contributed by atoms with van der Waals surface area (Å²) in [4.78, 5) is 2.36. The molecule has 0 saturated heterocycles. The fourth-order valence-electron chi connectivity index (χ4n) is 10.7. The number of para-hydroxylation sites is 2. The van der Waals surface area contributed by atoms with Gasteiger partial charge in [0.15, 0.2) is 0 Å². The van der Waals surface area contributed by atoms with E-state index in [0.29, 0.717) is 0 Å². The first-order valence-electron chi connectivity index (χ1n) is 20.5. The second-order valence-corrected chi connectivity index (χ2v) is 17.4. The number of ether oxygens (including phenoxy) is 1. The minimum atomic E-state index is -0.545. The Morgan fingerprint density at radius 3 is 1.53 bits per heavy atom. The summed E-state index contributed by atoms with van der Waals surface area (Å²) >= 11 is 0. The summed E-state index contributed by atoms with van der Waals surface area (Å²) < 4.78 is 6.63. The highest BCUT2D eigenvalue weighted by Crippen LogP contribution is 2.63. The SMILES string of the molecule is C=CC(C)=CC=CN(c1ccc2c(c1)C(C)(C)c1cc3c(cc1-2)C(C)(C)c1ccccc1-3)c1ccc2c(c1)C1(c3ccccc3Oc3ccccc31)c1ccccc1-2. The Kier molecular flexibility index (Phi) is 7.27. The Morgan fingerprint density at radius 1 is 0.483 bits per heavy atom. The fourth-order valence-corrected chi connectivity index (χ4v) is 10.7. The third-order valence-electron chi connectivity index (χ3n) is 13.7. The monoisotopic (exact) mass is 747 g/mol. The van der Waals surface area contributed by atoms with E-state index in [4.69, 9.17) is 4.74 Å². The number of fused-ring (bicyclic) bond motifs is 15. The van der Waals surface area contributed by atoms with E-state index in [2.05, 4.69) is 210 Å². The largest absolute Gasteiger partial charge is 0.457 e. The van der Waals surface area contributed by atoms with Crippen LogP contribution in [0.25, 0.3) is 33.4 Å². The molecule has 0 radical (unpaired) electrons. The molecule has 0 bridgehead atoms. The zero-order valence-electron chi connectivity index (χ0n) is 33.7. The van der Waals surface area contributed by atoms with Crippen LogP contribution in [0.5, 0.6) is 11.5 Å². The first-order valence-corrected chi connectivity index (χ1v) is 20.5. The van der Waals surface area contributed by atoms with Gasteiger partial charge in [0.05, 0.1) is 5.41 Å². The molecule has 0 aromatic heterocycles. The molecule has 280 valence electrons. The smallest absolute Gasteiger partial charge is 0.132 e. The van der Waals surface area contributed by atoms with Crippen LogP contribution in [0.4, 0.5) is 11.4 Å². The summed E-state index contributed by atoms with van der Waals surface area (Å²) in [5.74, 6) is 1.80. The van der Waals surface area contributed by atoms with Gasteiger partial charge in [-0.3, -0.25) is 0 Å². The molecule has 11 rings (SSSR count). The molecule has 0 amide bonds. The van der Waals surface area contributed by atoms with E-state index in [0.717, 1.165) is 28.4 Å². The van der Waals surface area contributed by atoms with E-state index >= 15 is 0 Å². The lowest BCUT2D eigenvalue weighted by molar-refractivity contribution is 0.436. The summed E-state index contributed by atoms with van der Waals surface area (Å²) in [6, 6.07) is 54.2. The van der Waals surface area contributed by atoms with Gasteiger partial charge in [0.2, 0.25) is 0 Å². The molecule has 1 spiro atoms. The van der Waals surface area contributed by atoms with E-state index in [1.165, 1.54) is 77.9 Å². The second-order valence-electron chi connectivity index (χ2n) is 17.4. The van der Waals surface area contributed by atoms with Crippen LogP contribution in [-0.2, 0) is 16.2 Å². The van der Waals surface area contributed by atoms with E-state index < -0.39 is 5.41 Å². The molecule has 1 heterocycles. The summed E-state index contributed by atoms with van der Waals surface area (Å²) in [5, 5.41) is 0. The number of nitrogens with zero attached hydrogens (tertiary/aromatic N) is 1. The molecule has 7 aromatic carbocycles. The van der Waals surface area contributed by atoms with Crippen LogP contribution in [0, 0.1) is 0 Å². The molecule has 58 heavy (non-hydrogen) atoms. The van der Waals surface area contributed by atoms with Gasteiger partial charge in [-0.05, 0) is 128 Å². The first-order chi connectivity index (χ1) is 28.1. The summed E-state index contributed by atoms with van der Waals surface area (Å²) in [6.07, 6.45) is 8.38. The molecule has 0 N–H and O–H groups in total. The van der Waals surface area contributed by atoms with Crippen molar-refractivity contribution in [2.24, 2.45) is 0 Å². The van der Waals surface area contributed by atoms with Gasteiger partial charge in [0.1, 0.15) is 11.5 Å². The second kappa shape index (κ2) is 12.2. The Balaban J connectivity index is 1.10. The number of rotatable bonds is 5. The van der Waals surface area contributed by atoms with Gasteiger partial charge < -0.3 is 9.64 Å². The lowest BCUT2D eigenvalue weighted by atomic mass is 9.66. The van der Waals surface area contributed by atoms with Crippen LogP contribution in [-0.4, -0.2) is 0 Å². The highest BCUT2D eigenvalue weighted by Gasteiger charge is 2.51. The maximum absolute atomic E-state index is 6.63. The van der Waals surface area contributed by atoms with Crippen LogP contribution < -0.4 is 9.64 Å². The fraction of sp³-hybridized carbons (Fsp3) is 0.143. The van der Waals surface area contributed by atoms with E-state index in [-0.39, 0.29) is 10.8 Å². The van der Waals surface area contributed by atoms with Crippen LogP contribution in [0.2, 0.25) is 0 Å². The van der Waals surface area contributed by atoms with Gasteiger partial charge in [-0.1, -0.05) is 149 Å². The lowest BCUT2D eigenvalue weighted by Crippen LogP contribution is -2.32. The Morgan fingerprint density at radius 2 is 0.931 bits per heavy atom. The Labute approximate surface area is 342 Å². The zero-order chi connectivity index (χ0) is 39.6. The van der Waals surface area contributed by atoms with Crippen LogP contribution >= 0.6 is 0 Å². The average molecular weight is 748 g/mol. The van der Waals surface area contributed by atoms with Crippen molar-refractivity contribution in [2.75, 3.05) is 4.90 Å². The summed E-state index contributed by atoms with van der Waals surface area (Å²) in [7, 11) is 0. The molecule has 4 aliphatic rings. The Hall–Kier alpha value is -6.64. The van der Waals surface area contributed by atoms with Crippen molar-refractivity contribution in [3.63, 3.8) is 0 Å². The quantitative estimate of drug-likeness (QED) is 0.163. The molecular formula is C56H45NO. The van der Waals surface area contributed by atoms with Crippen LogP contribution in [0.1, 0.15) is 79.1 Å². The third-order valence-corrected chi connectivity index (χ3v) is 13.7. The predicted molar refractivity (Wildman–Crippen MR) is 241 cm³/mol. The van der Waals surface area contributed by atoms with Crippen molar-refractivity contribution < 1.29 is 4.74 Å². The molecule has 0 unspecified atom stereocenters. The van der Waals surface area contributed by atoms with Gasteiger partial charge in [-0.15, -0.1) is 0 Å². The van der Waals surface area contributed by atoms with Crippen molar-refractivity contribution in [3.8, 4) is 44.9 Å². The van der Waals surface area contributed by atoms with Gasteiger partial charge >= 0.3 is 0 Å². The molecule has 0 fully saturated rings. The molecule has 1 aliphatic heterocycles. The van der Waals surface area contributed by atoms with Gasteiger partial charge in [0, 0.05) is 39.5 Å². The van der Waals surface area contributed by atoms with Crippen molar-refractivity contribution >= 4 is 11.4 Å². The molecular weight excluding hydrogens is 703 g/mol. The predicted octanol–water partition coefficient (Wildman–Crippen LogP) is 14.6. The van der Waals surface area contributed by atoms with Gasteiger partial charge in [0.25, 0.3) is 0 Å². The molecule has 7 aromatic rings. The molecule has 0 atom stereocenters. The van der Waals surface area contributed by atoms with Crippen molar-refractivity contribution in [1.29, 1.82) is 0 Å². The standard InChI is InChI=1S/C56H45NO/c1-7-35(2)17-16-30-57(36-27-29-41-43-34-49-42(33-50(43)55(5,6)48(41)31-36)39-19-8-10-20-44(39)54(49,3)4)37-26-28-40-38-18-9-11-21-45(38)56(51(40)32-37)46-22-12-14-24-52(46)58-53-25-15-13-23-47(53)56/h7-34H,1H2,2-6H3. The van der Waals surface area contributed by atoms with Crippen molar-refractivity contribution in [2.45, 2.75) is 50.9 Å². The molecule has 3 aliphatic carbocycles. The molecule has 0 saturated carbocycles. The van der Waals surface area contributed by atoms with Gasteiger partial charge in [-0.25, -0.2) is 0 Å². The third kappa shape index (κ3) is 4.55. The highest BCUT2D eigenvalue weighted by atomic mass is 16.5. The number of benzene rings is 7. The minimum absolute atomic E-state index is 0.0530. The number of anilines is 2. The van der Waals surface area contributed by atoms with E-state index in [9.17, 15) is 0 Å². The van der Waals surface area contributed by atoms with Crippen molar-refractivity contribution in [1.82, 2.24) is 0 Å². The number of hydrogen-bond donors (Lipinski definition) is 0. The van der Waals surface area contributed by atoms with E-state index in [1.807, 2.05) is 6.08 Å². The summed E-state index contributed by atoms with van der Waals surface area (Å²) in [5.41, 5.74) is 20.9. The zero-order valence-corrected chi connectivity index (χ0v) is 33.7. The number of hydrogen-bond acceptors (Lipinski definition) is 2. The van der Waals surface area contributed by atoms with Gasteiger partial charge in [-0.2, -0.15) is 0 Å². The Bertz CT molecular complexity index is 2930. The average Bonchev–Trinajstić information content (AvgIpc) is 3.76. The van der Waals surface area contributed by atoms with Crippen molar-refractivity contribution in [3.05, 3.63) is 227 Å². The highest BCUT2D eigenvalue weighted by molar-refractivity contribution is 5.92. The van der Waals surface area contributed by atoms with Crippen LogP contribution in [0.15, 0.2) is 182 Å².